The number of fused-ring (bicyclic) bond motifs is 1. The van der Waals surface area contributed by atoms with Crippen LogP contribution < -0.4 is 58.9 Å². The molecule has 0 bridgehead atoms. The second-order valence-electron chi connectivity index (χ2n) is 22.7. The molecule has 0 spiro atoms. The molecular formula is C56H86N12O20. The third kappa shape index (κ3) is 23.5. The lowest BCUT2D eigenvalue weighted by molar-refractivity contribution is -0.153. The summed E-state index contributed by atoms with van der Waals surface area (Å²) in [4.78, 5) is 205. The smallest absolute Gasteiger partial charge is 0.335 e. The maximum absolute atomic E-state index is 14.8. The molecule has 11 amide bonds. The van der Waals surface area contributed by atoms with E-state index in [1.807, 2.05) is 29.8 Å². The van der Waals surface area contributed by atoms with Crippen LogP contribution in [0.4, 0.5) is 0 Å². The van der Waals surface area contributed by atoms with Gasteiger partial charge in [0.15, 0.2) is 6.10 Å². The van der Waals surface area contributed by atoms with E-state index in [0.717, 1.165) is 31.2 Å². The lowest BCUT2D eigenvalue weighted by Crippen LogP contribution is -2.65. The summed E-state index contributed by atoms with van der Waals surface area (Å²) in [7, 11) is 0. The van der Waals surface area contributed by atoms with Crippen LogP contribution in [-0.2, 0) is 71.9 Å². The van der Waals surface area contributed by atoms with E-state index in [2.05, 4.69) is 43.8 Å². The highest BCUT2D eigenvalue weighted by Gasteiger charge is 2.45. The summed E-state index contributed by atoms with van der Waals surface area (Å²) in [6.07, 6.45) is 2.94. The fourth-order valence-electron chi connectivity index (χ4n) is 9.11. The number of nitrogens with one attached hydrogen (secondary N) is 10. The standard InChI is InChI=1S/C56H86N12O20/c1-25(2)17-13-11-12-14-19-35(69)62-40(29(8)54(83)84)50(79)66-42-31(10)59-47(76)34-21-28(7)24-68(34)53(82)39(27(5)6)65-49(78)41(30(9)55(85)86)63-36(70)23-58-45(74)33(22-37(71)72)61-52(81)43(44(73)56(87)88)67-46(75)32(18-15-16-20-57)60-48(77)38(26(3)4)64-51(42)80/h11-12,14,19,25,27-34,38-44,73H,3,13,15-18,20-24,57H2,1-2,4-10H3,(H,58,74)(H,59,76)(H,60,77)(H,61,81)(H,62,69)(H,63,70)(H,64,80)(H,65,78)(H,66,79)(H,67,75)(H,71,72)(H,83,84)(H,85,86)(H,87,88)/b12-11-,19-14+/t28-,29?,30?,31?,32+,33+,34+,38-,39+,40+,41-,42+,43+,44?/m1/s1. The first-order valence-electron chi connectivity index (χ1n) is 28.6. The van der Waals surface area contributed by atoms with E-state index in [1.165, 1.54) is 33.8 Å². The highest BCUT2D eigenvalue weighted by Crippen LogP contribution is 2.26. The van der Waals surface area contributed by atoms with Crippen LogP contribution in [0.25, 0.3) is 0 Å². The second kappa shape index (κ2) is 35.7. The van der Waals surface area contributed by atoms with Gasteiger partial charge in [0.25, 0.3) is 0 Å². The molecular weight excluding hydrogens is 1160 g/mol. The minimum Gasteiger partial charge on any atom is -0.481 e. The molecule has 4 unspecified atom stereocenters. The summed E-state index contributed by atoms with van der Waals surface area (Å²) < 4.78 is 0. The van der Waals surface area contributed by atoms with Gasteiger partial charge in [0.2, 0.25) is 65.0 Å². The van der Waals surface area contributed by atoms with Crippen molar-refractivity contribution < 1.29 is 97.5 Å². The van der Waals surface area contributed by atoms with Crippen LogP contribution >= 0.6 is 0 Å². The summed E-state index contributed by atoms with van der Waals surface area (Å²) in [6, 6.07) is -19.0. The summed E-state index contributed by atoms with van der Waals surface area (Å²) in [5.41, 5.74) is 5.52. The number of aliphatic hydroxyl groups excluding tert-OH is 1. The molecule has 2 heterocycles. The van der Waals surface area contributed by atoms with Gasteiger partial charge in [-0.05, 0) is 96.1 Å². The van der Waals surface area contributed by atoms with Crippen LogP contribution in [0.15, 0.2) is 36.5 Å². The van der Waals surface area contributed by atoms with E-state index in [9.17, 15) is 97.5 Å². The first kappa shape index (κ1) is 75.3. The molecule has 0 aromatic heterocycles. The van der Waals surface area contributed by atoms with Crippen LogP contribution in [-0.4, -0.2) is 205 Å². The molecule has 0 aliphatic carbocycles. The van der Waals surface area contributed by atoms with Gasteiger partial charge < -0.3 is 89.3 Å². The van der Waals surface area contributed by atoms with Gasteiger partial charge >= 0.3 is 23.9 Å². The molecule has 2 rings (SSSR count). The molecule has 490 valence electrons. The Balaban J connectivity index is 2.97. The summed E-state index contributed by atoms with van der Waals surface area (Å²) in [5.74, 6) is -25.1. The Labute approximate surface area is 508 Å². The van der Waals surface area contributed by atoms with Crippen molar-refractivity contribution >= 4 is 88.9 Å². The predicted octanol–water partition coefficient (Wildman–Crippen LogP) is -3.99. The molecule has 2 aliphatic rings. The van der Waals surface area contributed by atoms with E-state index in [4.69, 9.17) is 5.73 Å². The highest BCUT2D eigenvalue weighted by atomic mass is 16.4. The van der Waals surface area contributed by atoms with Crippen molar-refractivity contribution in [2.45, 2.75) is 174 Å². The average molecular weight is 1250 g/mol. The maximum Gasteiger partial charge on any atom is 0.335 e. The van der Waals surface area contributed by atoms with E-state index in [-0.39, 0.29) is 44.3 Å². The Hall–Kier alpha value is -8.81. The molecule has 0 radical (unpaired) electrons. The van der Waals surface area contributed by atoms with E-state index in [0.29, 0.717) is 12.3 Å². The molecule has 2 saturated heterocycles. The van der Waals surface area contributed by atoms with Crippen molar-refractivity contribution in [1.82, 2.24) is 58.1 Å². The van der Waals surface area contributed by atoms with Crippen molar-refractivity contribution in [2.75, 3.05) is 19.6 Å². The number of hydrogen-bond acceptors (Lipinski definition) is 17. The van der Waals surface area contributed by atoms with Crippen LogP contribution in [0.1, 0.15) is 107 Å². The molecule has 32 nitrogen and oxygen atoms in total. The number of rotatable bonds is 22. The molecule has 0 aromatic carbocycles. The normalized spacial score (nSPS) is 25.8. The number of amides is 11. The molecule has 17 N–H and O–H groups in total. The summed E-state index contributed by atoms with van der Waals surface area (Å²) in [6.45, 7) is 15.8. The van der Waals surface area contributed by atoms with Crippen molar-refractivity contribution in [3.05, 3.63) is 36.5 Å². The van der Waals surface area contributed by atoms with Gasteiger partial charge in [0.05, 0.1) is 30.8 Å². The van der Waals surface area contributed by atoms with Crippen molar-refractivity contribution in [3.8, 4) is 0 Å². The third-order valence-electron chi connectivity index (χ3n) is 14.3. The maximum atomic E-state index is 14.8. The molecule has 32 heteroatoms. The largest absolute Gasteiger partial charge is 0.481 e. The third-order valence-corrected chi connectivity index (χ3v) is 14.3. The zero-order chi connectivity index (χ0) is 67.0. The Morgan fingerprint density at radius 1 is 0.705 bits per heavy atom. The topological polar surface area (TPSA) is 507 Å². The van der Waals surface area contributed by atoms with Gasteiger partial charge in [-0.1, -0.05) is 59.4 Å². The Bertz CT molecular complexity index is 2680. The number of aliphatic hydroxyl groups is 1. The van der Waals surface area contributed by atoms with Gasteiger partial charge in [-0.25, -0.2) is 4.79 Å². The van der Waals surface area contributed by atoms with Gasteiger partial charge in [-0.2, -0.15) is 0 Å². The van der Waals surface area contributed by atoms with E-state index >= 15 is 0 Å². The minimum absolute atomic E-state index is 0.0376. The molecule has 2 fully saturated rings. The highest BCUT2D eigenvalue weighted by molar-refractivity contribution is 6.02. The SMILES string of the molecule is C=C(C)[C@H]1NC(=O)[C@@H](NC(=O)[C@@H](NC(=O)/C=C/C=C\CCC(C)C)C(C)C(=O)O)C(C)NC(=O)[C@@H]2C[C@@H](C)CN2C(=O)[C@H](C(C)C)NC(=O)[C@@H](C(C)C(=O)O)NC(=O)CNC(=O)[C@H](CC(=O)O)NC(=O)[C@H](C(O)C(=O)O)NC(=O)[C@H](CCCCN)NC1=O. The fraction of sp³-hybridized carbons (Fsp3) is 0.625. The summed E-state index contributed by atoms with van der Waals surface area (Å²) >= 11 is 0. The molecule has 0 saturated carbocycles. The van der Waals surface area contributed by atoms with Crippen LogP contribution in [0.5, 0.6) is 0 Å². The zero-order valence-corrected chi connectivity index (χ0v) is 50.7. The Morgan fingerprint density at radius 3 is 1.88 bits per heavy atom. The minimum atomic E-state index is -2.85. The first-order valence-corrected chi connectivity index (χ1v) is 28.6. The summed E-state index contributed by atoms with van der Waals surface area (Å²) in [5, 5.41) is 72.8. The number of nitrogens with two attached hydrogens (primary N) is 1. The monoisotopic (exact) mass is 1250 g/mol. The van der Waals surface area contributed by atoms with Crippen molar-refractivity contribution in [2.24, 2.45) is 35.3 Å². The van der Waals surface area contributed by atoms with Gasteiger partial charge in [0, 0.05) is 12.6 Å². The predicted molar refractivity (Wildman–Crippen MR) is 310 cm³/mol. The lowest BCUT2D eigenvalue weighted by atomic mass is 9.97. The first-order chi connectivity index (χ1) is 41.0. The van der Waals surface area contributed by atoms with Gasteiger partial charge in [0.1, 0.15) is 54.4 Å². The lowest BCUT2D eigenvalue weighted by Gasteiger charge is -2.33. The molecule has 2 aliphatic heterocycles. The number of carboxylic acids is 4. The van der Waals surface area contributed by atoms with Gasteiger partial charge in [-0.15, -0.1) is 0 Å². The van der Waals surface area contributed by atoms with E-state index < -0.39 is 192 Å². The number of aliphatic carboxylic acids is 4. The average Bonchev–Trinajstić information content (AvgIpc) is 1.74. The number of nitrogens with zero attached hydrogens (tertiary/aromatic N) is 1. The Kier molecular flexibility index (Phi) is 30.6. The van der Waals surface area contributed by atoms with Crippen LogP contribution in [0, 0.1) is 29.6 Å². The number of hydrogen-bond donors (Lipinski definition) is 16. The molecule has 0 aromatic rings. The molecule has 14 atom stereocenters. The van der Waals surface area contributed by atoms with Crippen molar-refractivity contribution in [3.63, 3.8) is 0 Å². The van der Waals surface area contributed by atoms with Gasteiger partial charge in [-0.3, -0.25) is 67.1 Å². The van der Waals surface area contributed by atoms with E-state index in [1.54, 1.807) is 19.1 Å². The number of unbranched alkanes of at least 4 members (excludes halogenated alkanes) is 1. The number of carbonyl (C=O) groups excluding carboxylic acids is 11. The number of carbonyl (C=O) groups is 15. The number of allylic oxidation sites excluding steroid dienone is 3. The zero-order valence-electron chi connectivity index (χ0n) is 50.7. The fourth-order valence-corrected chi connectivity index (χ4v) is 9.11. The van der Waals surface area contributed by atoms with Crippen molar-refractivity contribution in [1.29, 1.82) is 0 Å². The van der Waals surface area contributed by atoms with Crippen LogP contribution in [0.2, 0.25) is 0 Å². The Morgan fingerprint density at radius 2 is 1.32 bits per heavy atom. The number of carboxylic acid groups (broad SMARTS) is 4. The van der Waals surface area contributed by atoms with Crippen LogP contribution in [0.3, 0.4) is 0 Å². The quantitative estimate of drug-likeness (QED) is 0.0213. The molecule has 88 heavy (non-hydrogen) atoms. The second-order valence-corrected chi connectivity index (χ2v) is 22.7.